The van der Waals surface area contributed by atoms with Crippen LogP contribution in [0.15, 0.2) is 51.7 Å². The van der Waals surface area contributed by atoms with E-state index in [0.29, 0.717) is 28.3 Å². The van der Waals surface area contributed by atoms with E-state index in [-0.39, 0.29) is 37.2 Å². The lowest BCUT2D eigenvalue weighted by Crippen LogP contribution is -2.15. The predicted molar refractivity (Wildman–Crippen MR) is 132 cm³/mol. The van der Waals surface area contributed by atoms with Crippen LogP contribution in [0.2, 0.25) is 0 Å². The van der Waals surface area contributed by atoms with Crippen LogP contribution in [-0.2, 0) is 22.6 Å². The van der Waals surface area contributed by atoms with Gasteiger partial charge in [0.25, 0.3) is 0 Å². The molecule has 0 fully saturated rings. The van der Waals surface area contributed by atoms with Gasteiger partial charge in [-0.1, -0.05) is 12.1 Å². The van der Waals surface area contributed by atoms with Gasteiger partial charge in [0, 0.05) is 23.4 Å². The fourth-order valence-electron chi connectivity index (χ4n) is 3.66. The smallest absolute Gasteiger partial charge is 0.339 e. The lowest BCUT2D eigenvalue weighted by Gasteiger charge is -2.11. The number of esters is 1. The van der Waals surface area contributed by atoms with Crippen LogP contribution >= 0.6 is 0 Å². The molecule has 2 heterocycles. The molecule has 0 aliphatic rings. The van der Waals surface area contributed by atoms with Crippen LogP contribution in [0.3, 0.4) is 0 Å². The summed E-state index contributed by atoms with van der Waals surface area (Å²) in [6.45, 7) is 1.60. The van der Waals surface area contributed by atoms with Gasteiger partial charge >= 0.3 is 11.6 Å². The Kier molecular flexibility index (Phi) is 7.28. The molecular weight excluding hydrogens is 466 g/mol. The van der Waals surface area contributed by atoms with E-state index in [0.717, 1.165) is 10.9 Å². The predicted octanol–water partition coefficient (Wildman–Crippen LogP) is 3.31. The van der Waals surface area contributed by atoms with Crippen LogP contribution in [0, 0.1) is 6.92 Å². The standard InChI is InChI=1S/C25H25N5O6/c1-14-16-9-8-15(33-2)12-20(16)36-23(32)17(14)10-11-22(31)35-13-21-28-24(26)30-25(29-21)27-18-6-4-5-7-19(18)34-3/h4-9,12H,10-11,13H2,1-3H3,(H3,26,27,28,29,30). The molecule has 2 aromatic carbocycles. The SMILES string of the molecule is COc1ccc2c(C)c(CCC(=O)OCc3nc(N)nc(Nc4ccccc4OC)n3)c(=O)oc2c1. The molecule has 0 aliphatic heterocycles. The van der Waals surface area contributed by atoms with Crippen LogP contribution < -0.4 is 26.1 Å². The number of nitrogens with one attached hydrogen (secondary N) is 1. The van der Waals surface area contributed by atoms with Crippen molar-refractivity contribution < 1.29 is 23.4 Å². The number of hydrogen-bond acceptors (Lipinski definition) is 11. The maximum Gasteiger partial charge on any atom is 0.339 e. The molecule has 0 bridgehead atoms. The van der Waals surface area contributed by atoms with E-state index in [1.165, 1.54) is 7.11 Å². The summed E-state index contributed by atoms with van der Waals surface area (Å²) in [5.41, 5.74) is 7.51. The molecule has 0 spiro atoms. The Labute approximate surface area is 206 Å². The molecule has 2 aromatic heterocycles. The largest absolute Gasteiger partial charge is 0.497 e. The Hall–Kier alpha value is -4.67. The molecule has 11 heteroatoms. The van der Waals surface area contributed by atoms with Gasteiger partial charge in [-0.2, -0.15) is 15.0 Å². The quantitative estimate of drug-likeness (QED) is 0.262. The van der Waals surface area contributed by atoms with Crippen LogP contribution in [0.4, 0.5) is 17.6 Å². The van der Waals surface area contributed by atoms with E-state index in [9.17, 15) is 9.59 Å². The number of anilines is 3. The Bertz CT molecular complexity index is 1470. The maximum atomic E-state index is 12.5. The third-order valence-corrected chi connectivity index (χ3v) is 5.49. The highest BCUT2D eigenvalue weighted by Crippen LogP contribution is 2.26. The monoisotopic (exact) mass is 491 g/mol. The summed E-state index contributed by atoms with van der Waals surface area (Å²) in [5.74, 6) is 0.970. The van der Waals surface area contributed by atoms with Crippen molar-refractivity contribution in [2.24, 2.45) is 0 Å². The summed E-state index contributed by atoms with van der Waals surface area (Å²) < 4.78 is 21.2. The minimum atomic E-state index is -0.526. The van der Waals surface area contributed by atoms with Gasteiger partial charge in [-0.05, 0) is 43.2 Å². The Balaban J connectivity index is 1.40. The topological polar surface area (TPSA) is 152 Å². The summed E-state index contributed by atoms with van der Waals surface area (Å²) in [6, 6.07) is 12.5. The van der Waals surface area contributed by atoms with E-state index in [2.05, 4.69) is 20.3 Å². The average Bonchev–Trinajstić information content (AvgIpc) is 2.87. The molecule has 0 aliphatic carbocycles. The van der Waals surface area contributed by atoms with Crippen LogP contribution in [0.25, 0.3) is 11.0 Å². The Morgan fingerprint density at radius 2 is 1.89 bits per heavy atom. The molecule has 0 atom stereocenters. The Morgan fingerprint density at radius 1 is 1.08 bits per heavy atom. The number of rotatable bonds is 9. The number of fused-ring (bicyclic) bond motifs is 1. The summed E-state index contributed by atoms with van der Waals surface area (Å²) in [7, 11) is 3.09. The van der Waals surface area contributed by atoms with Gasteiger partial charge in [-0.25, -0.2) is 4.79 Å². The molecule has 3 N–H and O–H groups in total. The summed E-state index contributed by atoms with van der Waals surface area (Å²) >= 11 is 0. The first kappa shape index (κ1) is 24.5. The van der Waals surface area contributed by atoms with Gasteiger partial charge in [0.15, 0.2) is 12.4 Å². The lowest BCUT2D eigenvalue weighted by atomic mass is 10.0. The van der Waals surface area contributed by atoms with Crippen molar-refractivity contribution in [3.8, 4) is 11.5 Å². The molecule has 0 unspecified atom stereocenters. The second-order valence-corrected chi connectivity index (χ2v) is 7.77. The first-order valence-corrected chi connectivity index (χ1v) is 11.0. The number of para-hydroxylation sites is 2. The number of aryl methyl sites for hydroxylation is 1. The van der Waals surface area contributed by atoms with E-state index < -0.39 is 11.6 Å². The molecule has 0 saturated heterocycles. The van der Waals surface area contributed by atoms with Crippen LogP contribution in [0.5, 0.6) is 11.5 Å². The van der Waals surface area contributed by atoms with E-state index >= 15 is 0 Å². The normalized spacial score (nSPS) is 10.8. The van der Waals surface area contributed by atoms with E-state index in [1.54, 1.807) is 31.4 Å². The molecular formula is C25H25N5O6. The van der Waals surface area contributed by atoms with Crippen molar-refractivity contribution in [2.75, 3.05) is 25.3 Å². The van der Waals surface area contributed by atoms with E-state index in [1.807, 2.05) is 25.1 Å². The fraction of sp³-hybridized carbons (Fsp3) is 0.240. The summed E-state index contributed by atoms with van der Waals surface area (Å²) in [5, 5.41) is 3.79. The summed E-state index contributed by atoms with van der Waals surface area (Å²) in [4.78, 5) is 37.2. The fourth-order valence-corrected chi connectivity index (χ4v) is 3.66. The third kappa shape index (κ3) is 5.52. The van der Waals surface area contributed by atoms with Crippen LogP contribution in [-0.4, -0.2) is 35.1 Å². The van der Waals surface area contributed by atoms with Crippen molar-refractivity contribution in [3.63, 3.8) is 0 Å². The van der Waals surface area contributed by atoms with Crippen molar-refractivity contribution >= 4 is 34.5 Å². The zero-order valence-corrected chi connectivity index (χ0v) is 20.0. The number of ether oxygens (including phenoxy) is 3. The number of carbonyl (C=O) groups is 1. The second kappa shape index (κ2) is 10.7. The highest BCUT2D eigenvalue weighted by Gasteiger charge is 2.15. The molecule has 0 radical (unpaired) electrons. The zero-order valence-electron chi connectivity index (χ0n) is 20.0. The minimum absolute atomic E-state index is 0.0276. The van der Waals surface area contributed by atoms with Crippen molar-refractivity contribution in [1.82, 2.24) is 15.0 Å². The van der Waals surface area contributed by atoms with Gasteiger partial charge in [0.1, 0.15) is 17.1 Å². The highest BCUT2D eigenvalue weighted by atomic mass is 16.5. The minimum Gasteiger partial charge on any atom is -0.497 e. The van der Waals surface area contributed by atoms with Gasteiger partial charge in [0.2, 0.25) is 11.9 Å². The number of hydrogen-bond donors (Lipinski definition) is 2. The van der Waals surface area contributed by atoms with Crippen LogP contribution in [0.1, 0.15) is 23.4 Å². The Morgan fingerprint density at radius 3 is 2.67 bits per heavy atom. The van der Waals surface area contributed by atoms with E-state index in [4.69, 9.17) is 24.4 Å². The van der Waals surface area contributed by atoms with Gasteiger partial charge in [-0.15, -0.1) is 0 Å². The average molecular weight is 492 g/mol. The molecule has 4 aromatic rings. The molecule has 4 rings (SSSR count). The zero-order chi connectivity index (χ0) is 25.7. The van der Waals surface area contributed by atoms with Gasteiger partial charge in [0.05, 0.1) is 19.9 Å². The van der Waals surface area contributed by atoms with Crippen molar-refractivity contribution in [1.29, 1.82) is 0 Å². The number of nitrogen functional groups attached to an aromatic ring is 1. The first-order chi connectivity index (χ1) is 17.4. The number of carbonyl (C=O) groups excluding carboxylic acids is 1. The molecule has 0 saturated carbocycles. The lowest BCUT2D eigenvalue weighted by molar-refractivity contribution is -0.145. The number of nitrogens with zero attached hydrogens (tertiary/aromatic N) is 3. The molecule has 11 nitrogen and oxygen atoms in total. The number of methoxy groups -OCH3 is 2. The van der Waals surface area contributed by atoms with Gasteiger partial charge in [-0.3, -0.25) is 4.79 Å². The number of benzene rings is 2. The molecule has 186 valence electrons. The summed E-state index contributed by atoms with van der Waals surface area (Å²) in [6.07, 6.45) is 0.134. The molecule has 0 amide bonds. The van der Waals surface area contributed by atoms with Gasteiger partial charge < -0.3 is 29.7 Å². The number of aromatic nitrogens is 3. The third-order valence-electron chi connectivity index (χ3n) is 5.49. The van der Waals surface area contributed by atoms with Crippen molar-refractivity contribution in [3.05, 3.63) is 69.8 Å². The first-order valence-electron chi connectivity index (χ1n) is 11.0. The molecule has 36 heavy (non-hydrogen) atoms. The number of nitrogens with two attached hydrogens (primary N) is 1. The second-order valence-electron chi connectivity index (χ2n) is 7.77. The van der Waals surface area contributed by atoms with Crippen molar-refractivity contribution in [2.45, 2.75) is 26.4 Å². The maximum absolute atomic E-state index is 12.5. The highest BCUT2D eigenvalue weighted by molar-refractivity contribution is 5.82.